The van der Waals surface area contributed by atoms with Gasteiger partial charge in [0.05, 0.1) is 6.61 Å². The lowest BCUT2D eigenvalue weighted by Gasteiger charge is -2.17. The molecule has 0 aromatic heterocycles. The number of hydrogen-bond acceptors (Lipinski definition) is 5. The summed E-state index contributed by atoms with van der Waals surface area (Å²) < 4.78 is 40.3. The van der Waals surface area contributed by atoms with E-state index in [4.69, 9.17) is 9.47 Å². The van der Waals surface area contributed by atoms with Crippen LogP contribution in [0.3, 0.4) is 0 Å². The Morgan fingerprint density at radius 3 is 2.47 bits per heavy atom. The van der Waals surface area contributed by atoms with Crippen molar-refractivity contribution in [1.82, 2.24) is 10.9 Å². The number of amides is 2. The molecule has 2 amide bonds. The smallest absolute Gasteiger partial charge is 0.387 e. The maximum absolute atomic E-state index is 12.5. The van der Waals surface area contributed by atoms with E-state index in [9.17, 15) is 18.4 Å². The third-order valence-electron chi connectivity index (χ3n) is 4.45. The number of alkyl halides is 2. The first-order valence-corrected chi connectivity index (χ1v) is 9.93. The van der Waals surface area contributed by atoms with Crippen molar-refractivity contribution in [2.75, 3.05) is 6.61 Å². The number of carbonyl (C=O) groups excluding carboxylic acids is 2. The molecule has 32 heavy (non-hydrogen) atoms. The maximum atomic E-state index is 12.5. The Bertz CT molecular complexity index is 979. The summed E-state index contributed by atoms with van der Waals surface area (Å²) in [5, 5.41) is 0. The first kappa shape index (κ1) is 24.6. The Morgan fingerprint density at radius 2 is 1.78 bits per heavy atom. The zero-order valence-electron chi connectivity index (χ0n) is 18.3. The average molecular weight is 448 g/mol. The summed E-state index contributed by atoms with van der Waals surface area (Å²) >= 11 is 0. The van der Waals surface area contributed by atoms with Gasteiger partial charge in [-0.25, -0.2) is 0 Å². The summed E-state index contributed by atoms with van der Waals surface area (Å²) in [7, 11) is 0. The normalized spacial score (nSPS) is 11.8. The number of ether oxygens (including phenoxy) is 3. The van der Waals surface area contributed by atoms with E-state index >= 15 is 0 Å². The molecule has 0 aliphatic heterocycles. The zero-order chi connectivity index (χ0) is 23.7. The lowest BCUT2D eigenvalue weighted by atomic mass is 10.1. The quantitative estimate of drug-likeness (QED) is 0.449. The van der Waals surface area contributed by atoms with Crippen LogP contribution >= 0.6 is 0 Å². The number of aryl methyl sites for hydroxylation is 1. The van der Waals surface area contributed by atoms with Crippen LogP contribution in [0.1, 0.15) is 30.5 Å². The highest BCUT2D eigenvalue weighted by atomic mass is 19.3. The molecule has 0 bridgehead atoms. The number of carbonyl (C=O) groups is 2. The van der Waals surface area contributed by atoms with E-state index in [1.54, 1.807) is 19.9 Å². The van der Waals surface area contributed by atoms with E-state index < -0.39 is 24.5 Å². The number of benzene rings is 2. The summed E-state index contributed by atoms with van der Waals surface area (Å²) in [4.78, 5) is 24.2. The van der Waals surface area contributed by atoms with E-state index in [1.165, 1.54) is 30.4 Å². The first-order valence-electron chi connectivity index (χ1n) is 9.93. The van der Waals surface area contributed by atoms with Gasteiger partial charge < -0.3 is 14.2 Å². The van der Waals surface area contributed by atoms with Crippen molar-refractivity contribution in [2.45, 2.75) is 40.4 Å². The molecule has 0 radical (unpaired) electrons. The molecule has 7 nitrogen and oxygen atoms in total. The van der Waals surface area contributed by atoms with Crippen LogP contribution in [-0.4, -0.2) is 31.1 Å². The van der Waals surface area contributed by atoms with E-state index in [-0.39, 0.29) is 18.1 Å². The highest BCUT2D eigenvalue weighted by Crippen LogP contribution is 2.30. The Morgan fingerprint density at radius 1 is 1.03 bits per heavy atom. The van der Waals surface area contributed by atoms with Crippen LogP contribution in [0.15, 0.2) is 42.5 Å². The lowest BCUT2D eigenvalue weighted by Crippen LogP contribution is -2.46. The zero-order valence-corrected chi connectivity index (χ0v) is 18.3. The molecule has 2 aromatic rings. The van der Waals surface area contributed by atoms with Gasteiger partial charge in [-0.05, 0) is 68.7 Å². The highest BCUT2D eigenvalue weighted by molar-refractivity contribution is 5.93. The lowest BCUT2D eigenvalue weighted by molar-refractivity contribution is -0.131. The van der Waals surface area contributed by atoms with Crippen molar-refractivity contribution in [3.05, 3.63) is 59.2 Å². The van der Waals surface area contributed by atoms with Gasteiger partial charge in [0.15, 0.2) is 17.6 Å². The predicted octanol–water partition coefficient (Wildman–Crippen LogP) is 3.93. The minimum Gasteiger partial charge on any atom is -0.490 e. The minimum absolute atomic E-state index is 0.103. The van der Waals surface area contributed by atoms with Crippen LogP contribution < -0.4 is 25.1 Å². The molecule has 9 heteroatoms. The molecule has 0 fully saturated rings. The molecule has 0 heterocycles. The van der Waals surface area contributed by atoms with Gasteiger partial charge in [-0.15, -0.1) is 0 Å². The molecular weight excluding hydrogens is 422 g/mol. The SMILES string of the molecule is CCOc1cc(/C=C/C(=O)NNC(=O)C(C)Oc2cccc(C)c2C)ccc1OC(F)F. The van der Waals surface area contributed by atoms with Gasteiger partial charge in [0, 0.05) is 6.08 Å². The number of rotatable bonds is 9. The van der Waals surface area contributed by atoms with Crippen molar-refractivity contribution in [3.8, 4) is 17.2 Å². The van der Waals surface area contributed by atoms with Crippen molar-refractivity contribution < 1.29 is 32.6 Å². The molecule has 2 rings (SSSR count). The maximum Gasteiger partial charge on any atom is 0.387 e. The summed E-state index contributed by atoms with van der Waals surface area (Å²) in [6.07, 6.45) is 1.78. The third-order valence-corrected chi connectivity index (χ3v) is 4.45. The summed E-state index contributed by atoms with van der Waals surface area (Å²) in [5.74, 6) is -0.513. The highest BCUT2D eigenvalue weighted by Gasteiger charge is 2.16. The molecule has 0 saturated carbocycles. The molecule has 0 aliphatic carbocycles. The molecule has 0 aliphatic rings. The molecule has 2 aromatic carbocycles. The number of hydrazine groups is 1. The van der Waals surface area contributed by atoms with Crippen LogP contribution in [0.2, 0.25) is 0 Å². The van der Waals surface area contributed by atoms with E-state index in [0.29, 0.717) is 11.3 Å². The van der Waals surface area contributed by atoms with Crippen molar-refractivity contribution in [2.24, 2.45) is 0 Å². The van der Waals surface area contributed by atoms with Crippen molar-refractivity contribution in [3.63, 3.8) is 0 Å². The second kappa shape index (κ2) is 11.7. The molecular formula is C23H26F2N2O5. The Hall–Kier alpha value is -3.62. The van der Waals surface area contributed by atoms with Gasteiger partial charge in [-0.2, -0.15) is 8.78 Å². The second-order valence-electron chi connectivity index (χ2n) is 6.79. The second-order valence-corrected chi connectivity index (χ2v) is 6.79. The fourth-order valence-electron chi connectivity index (χ4n) is 2.62. The van der Waals surface area contributed by atoms with Crippen LogP contribution in [0.25, 0.3) is 6.08 Å². The van der Waals surface area contributed by atoms with E-state index in [1.807, 2.05) is 26.0 Å². The van der Waals surface area contributed by atoms with Crippen LogP contribution in [0, 0.1) is 13.8 Å². The largest absolute Gasteiger partial charge is 0.490 e. The topological polar surface area (TPSA) is 85.9 Å². The predicted molar refractivity (Wildman–Crippen MR) is 116 cm³/mol. The minimum atomic E-state index is -2.98. The van der Waals surface area contributed by atoms with Gasteiger partial charge in [-0.3, -0.25) is 20.4 Å². The van der Waals surface area contributed by atoms with Crippen molar-refractivity contribution >= 4 is 17.9 Å². The average Bonchev–Trinajstić information content (AvgIpc) is 2.75. The van der Waals surface area contributed by atoms with E-state index in [0.717, 1.165) is 11.1 Å². The van der Waals surface area contributed by atoms with Gasteiger partial charge in [0.2, 0.25) is 0 Å². The third kappa shape index (κ3) is 7.26. The number of hydrogen-bond donors (Lipinski definition) is 2. The monoisotopic (exact) mass is 448 g/mol. The van der Waals surface area contributed by atoms with E-state index in [2.05, 4.69) is 15.6 Å². The summed E-state index contributed by atoms with van der Waals surface area (Å²) in [6, 6.07) is 9.81. The fraction of sp³-hybridized carbons (Fsp3) is 0.304. The number of halogens is 2. The summed E-state index contributed by atoms with van der Waals surface area (Å²) in [5.41, 5.74) is 7.03. The van der Waals surface area contributed by atoms with Gasteiger partial charge in [0.1, 0.15) is 5.75 Å². The standard InChI is InChI=1S/C23H26F2N2O5/c1-5-30-20-13-17(9-11-19(20)32-23(24)25)10-12-21(28)26-27-22(29)16(4)31-18-8-6-7-14(2)15(18)3/h6-13,16,23H,5H2,1-4H3,(H,26,28)(H,27,29)/b12-10+. The fourth-order valence-corrected chi connectivity index (χ4v) is 2.62. The number of nitrogens with one attached hydrogen (secondary N) is 2. The molecule has 0 spiro atoms. The Balaban J connectivity index is 1.92. The first-order chi connectivity index (χ1) is 15.2. The van der Waals surface area contributed by atoms with Crippen LogP contribution in [-0.2, 0) is 9.59 Å². The van der Waals surface area contributed by atoms with Gasteiger partial charge in [-0.1, -0.05) is 18.2 Å². The van der Waals surface area contributed by atoms with Crippen molar-refractivity contribution in [1.29, 1.82) is 0 Å². The van der Waals surface area contributed by atoms with Crippen LogP contribution in [0.5, 0.6) is 17.2 Å². The van der Waals surface area contributed by atoms with Crippen LogP contribution in [0.4, 0.5) is 8.78 Å². The molecule has 2 N–H and O–H groups in total. The molecule has 172 valence electrons. The molecule has 1 atom stereocenters. The van der Waals surface area contributed by atoms with Gasteiger partial charge >= 0.3 is 6.61 Å². The molecule has 0 saturated heterocycles. The van der Waals surface area contributed by atoms with Gasteiger partial charge in [0.25, 0.3) is 11.8 Å². The Labute approximate surface area is 185 Å². The summed E-state index contributed by atoms with van der Waals surface area (Å²) in [6.45, 7) is 4.38. The molecule has 1 unspecified atom stereocenters. The Kier molecular flexibility index (Phi) is 9.00.